The minimum Gasteiger partial charge on any atom is -0.387 e. The Morgan fingerprint density at radius 3 is 0.864 bits per heavy atom. The highest BCUT2D eigenvalue weighted by Gasteiger charge is 2.53. The average molecular weight is 1060 g/mol. The molecule has 1 aliphatic rings. The smallest absolute Gasteiger partial charge is 0.236 e. The van der Waals surface area contributed by atoms with Gasteiger partial charge in [-0.1, -0.05) is 268 Å². The van der Waals surface area contributed by atoms with E-state index in [1.807, 2.05) is 121 Å². The number of aliphatic hydroxyl groups is 2. The Balaban J connectivity index is 0.965. The lowest BCUT2D eigenvalue weighted by Gasteiger charge is -2.42. The molecule has 2 atom stereocenters. The summed E-state index contributed by atoms with van der Waals surface area (Å²) >= 11 is 0. The van der Waals surface area contributed by atoms with Crippen LogP contribution in [0.3, 0.4) is 0 Å². The van der Waals surface area contributed by atoms with Crippen LogP contribution >= 0.6 is 0 Å². The van der Waals surface area contributed by atoms with E-state index < -0.39 is 40.5 Å². The van der Waals surface area contributed by atoms with Crippen LogP contribution in [0.4, 0.5) is 0 Å². The molecular formula is C75H64N2O4. The Labute approximate surface area is 472 Å². The number of carbonyl (C=O) groups is 2. The van der Waals surface area contributed by atoms with Crippen LogP contribution in [-0.4, -0.2) is 33.2 Å². The van der Waals surface area contributed by atoms with Crippen molar-refractivity contribution in [3.8, 4) is 0 Å². The third-order valence-electron chi connectivity index (χ3n) is 17.7. The molecule has 4 N–H and O–H groups in total. The summed E-state index contributed by atoms with van der Waals surface area (Å²) in [6.07, 6.45) is 2.59. The van der Waals surface area contributed by atoms with Gasteiger partial charge >= 0.3 is 0 Å². The van der Waals surface area contributed by atoms with E-state index in [0.717, 1.165) is 98.0 Å². The largest absolute Gasteiger partial charge is 0.387 e. The first-order valence-corrected chi connectivity index (χ1v) is 28.6. The highest BCUT2D eigenvalue weighted by Crippen LogP contribution is 2.46. The molecule has 0 saturated heterocycles. The lowest BCUT2D eigenvalue weighted by atomic mass is 9.74. The Morgan fingerprint density at radius 1 is 0.333 bits per heavy atom. The first-order valence-electron chi connectivity index (χ1n) is 28.6. The lowest BCUT2D eigenvalue weighted by molar-refractivity contribution is -0.147. The van der Waals surface area contributed by atoms with Gasteiger partial charge in [0.15, 0.2) is 0 Å². The maximum atomic E-state index is 16.4. The number of amides is 2. The topological polar surface area (TPSA) is 98.7 Å². The average Bonchev–Trinajstić information content (AvgIpc) is 4.24. The van der Waals surface area contributed by atoms with E-state index in [1.54, 1.807) is 0 Å². The van der Waals surface area contributed by atoms with Gasteiger partial charge < -0.3 is 20.8 Å². The van der Waals surface area contributed by atoms with Crippen molar-refractivity contribution < 1.29 is 19.8 Å². The fourth-order valence-electron chi connectivity index (χ4n) is 13.7. The van der Waals surface area contributed by atoms with E-state index in [0.29, 0.717) is 12.8 Å². The third-order valence-corrected chi connectivity index (χ3v) is 17.7. The Morgan fingerprint density at radius 2 is 0.568 bits per heavy atom. The predicted molar refractivity (Wildman–Crippen MR) is 331 cm³/mol. The van der Waals surface area contributed by atoms with Gasteiger partial charge in [-0.2, -0.15) is 0 Å². The summed E-state index contributed by atoms with van der Waals surface area (Å²) in [7, 11) is 0. The maximum absolute atomic E-state index is 16.4. The lowest BCUT2D eigenvalue weighted by Crippen LogP contribution is -2.58. The molecule has 1 aliphatic carbocycles. The molecule has 0 aromatic heterocycles. The number of hydrogen-bond acceptors (Lipinski definition) is 4. The SMILES string of the molecule is O=C(N[C@@H](c1cccc2ccccc12)C(O)(Cc1cccc2ccccc12)Cc1cccc2ccccc12)C1(C(=O)N[C@@H](c2cccc3ccccc23)C(O)(Cc2cccc3ccccc23)Cc2cccc3ccccc23)CCCC1. The molecule has 0 bridgehead atoms. The zero-order chi connectivity index (χ0) is 55.0. The fraction of sp³-hybridized carbons (Fsp3) is 0.173. The zero-order valence-corrected chi connectivity index (χ0v) is 45.3. The molecular weight excluding hydrogens is 993 g/mol. The predicted octanol–water partition coefficient (Wildman–Crippen LogP) is 15.6. The molecule has 12 aromatic carbocycles. The molecule has 0 heterocycles. The molecule has 398 valence electrons. The standard InChI is InChI=1S/C75H64N2O4/c78-71(76-69(67-43-19-31-55-25-5-11-41-65(55)67)74(80,47-57-33-15-27-51-21-1-7-37-61(51)57)48-58-34-16-28-52-22-2-8-38-62(52)58)73(45-13-14-46-73)72(79)77-70(68-44-20-32-56-26-6-12-42-66(56)68)75(81,49-59-35-17-29-53-23-3-9-39-63(53)59)50-60-36-18-30-54-24-4-10-40-64(54)60/h1-12,15-44,69-70,80-81H,13-14,45-50H2,(H,76,78)(H,77,79)/t69-,70-/m0/s1. The molecule has 12 aromatic rings. The molecule has 6 heteroatoms. The van der Waals surface area contributed by atoms with E-state index in [2.05, 4.69) is 144 Å². The summed E-state index contributed by atoms with van der Waals surface area (Å²) in [6, 6.07) is 84.1. The highest BCUT2D eigenvalue weighted by molar-refractivity contribution is 6.06. The van der Waals surface area contributed by atoms with Gasteiger partial charge in [0.05, 0.1) is 23.3 Å². The van der Waals surface area contributed by atoms with Crippen LogP contribution in [0.5, 0.6) is 0 Å². The first kappa shape index (κ1) is 51.5. The van der Waals surface area contributed by atoms with Gasteiger partial charge in [0.1, 0.15) is 5.41 Å². The number of carbonyl (C=O) groups excluding carboxylic acids is 2. The first-order chi connectivity index (χ1) is 39.7. The van der Waals surface area contributed by atoms with E-state index in [-0.39, 0.29) is 38.5 Å². The summed E-state index contributed by atoms with van der Waals surface area (Å²) in [4.78, 5) is 32.8. The molecule has 6 nitrogen and oxygen atoms in total. The van der Waals surface area contributed by atoms with E-state index in [9.17, 15) is 10.2 Å². The van der Waals surface area contributed by atoms with Crippen molar-refractivity contribution in [2.45, 2.75) is 74.7 Å². The number of benzene rings is 12. The van der Waals surface area contributed by atoms with Crippen molar-refractivity contribution in [2.75, 3.05) is 0 Å². The summed E-state index contributed by atoms with van der Waals surface area (Å²) in [5.41, 5.74) is 0.385. The summed E-state index contributed by atoms with van der Waals surface area (Å²) < 4.78 is 0. The second-order valence-corrected chi connectivity index (χ2v) is 22.7. The normalized spacial score (nSPS) is 14.4. The Hall–Kier alpha value is -8.94. The van der Waals surface area contributed by atoms with E-state index in [1.165, 1.54) is 0 Å². The van der Waals surface area contributed by atoms with Crippen LogP contribution < -0.4 is 10.6 Å². The van der Waals surface area contributed by atoms with Gasteiger partial charge in [-0.15, -0.1) is 0 Å². The number of fused-ring (bicyclic) bond motifs is 6. The van der Waals surface area contributed by atoms with Crippen molar-refractivity contribution in [1.29, 1.82) is 0 Å². The molecule has 13 rings (SSSR count). The van der Waals surface area contributed by atoms with Crippen molar-refractivity contribution in [1.82, 2.24) is 10.6 Å². The van der Waals surface area contributed by atoms with Crippen LogP contribution in [-0.2, 0) is 35.3 Å². The van der Waals surface area contributed by atoms with Gasteiger partial charge in [0.2, 0.25) is 11.8 Å². The van der Waals surface area contributed by atoms with Crippen molar-refractivity contribution >= 4 is 76.4 Å². The second-order valence-electron chi connectivity index (χ2n) is 22.7. The monoisotopic (exact) mass is 1060 g/mol. The zero-order valence-electron chi connectivity index (χ0n) is 45.3. The summed E-state index contributed by atoms with van der Waals surface area (Å²) in [5, 5.41) is 47.7. The molecule has 0 unspecified atom stereocenters. The quantitative estimate of drug-likeness (QED) is 0.0725. The molecule has 0 aliphatic heterocycles. The third kappa shape index (κ3) is 9.79. The Kier molecular flexibility index (Phi) is 13.7. The molecule has 1 fully saturated rings. The minimum atomic E-state index is -1.66. The Bertz CT molecular complexity index is 3860. The van der Waals surface area contributed by atoms with E-state index >= 15 is 9.59 Å². The van der Waals surface area contributed by atoms with Crippen LogP contribution in [0.15, 0.2) is 255 Å². The maximum Gasteiger partial charge on any atom is 0.236 e. The van der Waals surface area contributed by atoms with E-state index in [4.69, 9.17) is 0 Å². The highest BCUT2D eigenvalue weighted by atomic mass is 16.3. The molecule has 0 radical (unpaired) electrons. The van der Waals surface area contributed by atoms with Gasteiger partial charge in [-0.25, -0.2) is 0 Å². The van der Waals surface area contributed by atoms with Gasteiger partial charge in [-0.3, -0.25) is 9.59 Å². The number of rotatable bonds is 16. The number of nitrogens with one attached hydrogen (secondary N) is 2. The van der Waals surface area contributed by atoms with Crippen molar-refractivity contribution in [3.05, 3.63) is 288 Å². The van der Waals surface area contributed by atoms with Crippen LogP contribution in [0.2, 0.25) is 0 Å². The summed E-state index contributed by atoms with van der Waals surface area (Å²) in [6.45, 7) is 0. The van der Waals surface area contributed by atoms with Crippen LogP contribution in [0.1, 0.15) is 71.1 Å². The molecule has 0 spiro atoms. The van der Waals surface area contributed by atoms with Crippen LogP contribution in [0.25, 0.3) is 64.6 Å². The molecule has 1 saturated carbocycles. The minimum absolute atomic E-state index is 0.184. The second kappa shape index (κ2) is 21.6. The van der Waals surface area contributed by atoms with Gasteiger partial charge in [-0.05, 0) is 111 Å². The molecule has 2 amide bonds. The van der Waals surface area contributed by atoms with Gasteiger partial charge in [0.25, 0.3) is 0 Å². The van der Waals surface area contributed by atoms with Crippen molar-refractivity contribution in [2.24, 2.45) is 5.41 Å². The molecule has 81 heavy (non-hydrogen) atoms. The number of hydrogen-bond donors (Lipinski definition) is 4. The van der Waals surface area contributed by atoms with Gasteiger partial charge in [0, 0.05) is 25.7 Å². The van der Waals surface area contributed by atoms with Crippen LogP contribution in [0, 0.1) is 5.41 Å². The van der Waals surface area contributed by atoms with Crippen molar-refractivity contribution in [3.63, 3.8) is 0 Å². The fourth-order valence-corrected chi connectivity index (χ4v) is 13.7. The summed E-state index contributed by atoms with van der Waals surface area (Å²) in [5.74, 6) is -0.902.